The molecule has 4 rings (SSSR count). The Morgan fingerprint density at radius 1 is 1.06 bits per heavy atom. The third-order valence-corrected chi connectivity index (χ3v) is 11.3. The smallest absolute Gasteiger partial charge is 0.407 e. The lowest BCUT2D eigenvalue weighted by molar-refractivity contribution is -0.145. The zero-order valence-electron chi connectivity index (χ0n) is 29.0. The van der Waals surface area contributed by atoms with Gasteiger partial charge in [-0.3, -0.25) is 9.09 Å². The van der Waals surface area contributed by atoms with Crippen molar-refractivity contribution in [1.29, 1.82) is 0 Å². The zero-order valence-corrected chi connectivity index (χ0v) is 30.7. The molecule has 4 N–H and O–H groups in total. The third kappa shape index (κ3) is 11.4. The molecule has 0 radical (unpaired) electrons. The predicted octanol–water partition coefficient (Wildman–Crippen LogP) is 3.20. The fourth-order valence-corrected chi connectivity index (χ4v) is 8.35. The molecular weight excluding hydrogens is 711 g/mol. The van der Waals surface area contributed by atoms with Crippen LogP contribution in [0.2, 0.25) is 0 Å². The van der Waals surface area contributed by atoms with E-state index < -0.39 is 66.7 Å². The number of carbonyl (C=O) groups excluding carboxylic acids is 1. The molecule has 0 saturated carbocycles. The van der Waals surface area contributed by atoms with Crippen LogP contribution in [0.3, 0.4) is 0 Å². The van der Waals surface area contributed by atoms with Crippen molar-refractivity contribution in [2.24, 2.45) is 11.8 Å². The van der Waals surface area contributed by atoms with Crippen molar-refractivity contribution < 1.29 is 65.9 Å². The normalized spacial score (nSPS) is 21.8. The summed E-state index contributed by atoms with van der Waals surface area (Å²) in [6.07, 6.45) is -4.82. The Balaban J connectivity index is 1.50. The van der Waals surface area contributed by atoms with Gasteiger partial charge in [-0.1, -0.05) is 32.9 Å². The largest absolute Gasteiger partial charge is 0.497 e. The van der Waals surface area contributed by atoms with Gasteiger partial charge in [0.05, 0.1) is 43.3 Å². The molecule has 1 amide bonds. The summed E-state index contributed by atoms with van der Waals surface area (Å²) in [5.74, 6) is -0.944. The topological polar surface area (TPSA) is 217 Å². The number of ether oxygens (including phenoxy) is 5. The summed E-state index contributed by atoms with van der Waals surface area (Å²) >= 11 is 0. The highest BCUT2D eigenvalue weighted by Crippen LogP contribution is 2.44. The van der Waals surface area contributed by atoms with Crippen molar-refractivity contribution in [3.8, 4) is 11.5 Å². The second kappa shape index (κ2) is 18.0. The van der Waals surface area contributed by atoms with Crippen LogP contribution in [0.15, 0.2) is 53.4 Å². The zero-order chi connectivity index (χ0) is 37.3. The van der Waals surface area contributed by atoms with Crippen LogP contribution in [0.1, 0.15) is 39.2 Å². The minimum absolute atomic E-state index is 0.0104. The molecule has 51 heavy (non-hydrogen) atoms. The van der Waals surface area contributed by atoms with Gasteiger partial charge in [-0.2, -0.15) is 4.31 Å². The number of rotatable bonds is 19. The van der Waals surface area contributed by atoms with Crippen LogP contribution in [0.4, 0.5) is 4.79 Å². The van der Waals surface area contributed by atoms with Crippen LogP contribution < -0.4 is 14.8 Å². The van der Waals surface area contributed by atoms with Crippen molar-refractivity contribution in [3.63, 3.8) is 0 Å². The lowest BCUT2D eigenvalue weighted by atomic mass is 10.0. The lowest BCUT2D eigenvalue weighted by Crippen LogP contribution is -2.51. The fraction of sp³-hybridized carbons (Fsp3) is 0.576. The number of benzene rings is 2. The molecule has 2 unspecified atom stereocenters. The first kappa shape index (κ1) is 40.5. The third-order valence-electron chi connectivity index (χ3n) is 8.38. The number of sulfonamides is 1. The van der Waals surface area contributed by atoms with Gasteiger partial charge in [-0.15, -0.1) is 0 Å². The van der Waals surface area contributed by atoms with E-state index in [4.69, 9.17) is 33.3 Å². The van der Waals surface area contributed by atoms with Crippen LogP contribution >= 0.6 is 7.60 Å². The van der Waals surface area contributed by atoms with Gasteiger partial charge in [0, 0.05) is 13.1 Å². The van der Waals surface area contributed by atoms with Crippen molar-refractivity contribution in [1.82, 2.24) is 9.62 Å². The van der Waals surface area contributed by atoms with Gasteiger partial charge >= 0.3 is 19.7 Å². The SMILES string of the molecule is CC[C@H](OP(=O)(O)COc1ccc(C[C@H](NC(=O)O[C@H]2CO[C@H]3OCCC32)[C@H](O)CN(CC(C)C)S(=O)(=O)c2ccc(OC)cc2)cc1)C(=O)O. The summed E-state index contributed by atoms with van der Waals surface area (Å²) in [6, 6.07) is 11.0. The maximum absolute atomic E-state index is 13.8. The Bertz CT molecular complexity index is 1610. The molecule has 0 bridgehead atoms. The van der Waals surface area contributed by atoms with E-state index in [1.807, 2.05) is 13.8 Å². The predicted molar refractivity (Wildman–Crippen MR) is 182 cm³/mol. The number of carboxylic acid groups (broad SMARTS) is 1. The van der Waals surface area contributed by atoms with Crippen LogP contribution in [0, 0.1) is 11.8 Å². The summed E-state index contributed by atoms with van der Waals surface area (Å²) in [5.41, 5.74) is 0.592. The lowest BCUT2D eigenvalue weighted by Gasteiger charge is -2.31. The van der Waals surface area contributed by atoms with E-state index in [1.165, 1.54) is 54.7 Å². The van der Waals surface area contributed by atoms with Crippen molar-refractivity contribution in [2.75, 3.05) is 39.8 Å². The molecule has 0 aliphatic carbocycles. The first-order chi connectivity index (χ1) is 24.1. The number of carboxylic acids is 1. The molecule has 16 nitrogen and oxygen atoms in total. The molecule has 2 aromatic rings. The van der Waals surface area contributed by atoms with Gasteiger partial charge in [0.25, 0.3) is 0 Å². The fourth-order valence-electron chi connectivity index (χ4n) is 5.72. The van der Waals surface area contributed by atoms with E-state index >= 15 is 0 Å². The van der Waals surface area contributed by atoms with Crippen molar-refractivity contribution in [3.05, 3.63) is 54.1 Å². The first-order valence-corrected chi connectivity index (χ1v) is 19.8. The molecule has 284 valence electrons. The van der Waals surface area contributed by atoms with E-state index in [0.717, 1.165) is 0 Å². The molecule has 2 aliphatic heterocycles. The van der Waals surface area contributed by atoms with Crippen molar-refractivity contribution >= 4 is 29.7 Å². The maximum atomic E-state index is 13.8. The Morgan fingerprint density at radius 2 is 1.73 bits per heavy atom. The van der Waals surface area contributed by atoms with Gasteiger partial charge in [-0.05, 0) is 67.1 Å². The minimum Gasteiger partial charge on any atom is -0.497 e. The summed E-state index contributed by atoms with van der Waals surface area (Å²) in [4.78, 5) is 34.5. The number of aliphatic hydroxyl groups is 1. The molecule has 18 heteroatoms. The first-order valence-electron chi connectivity index (χ1n) is 16.6. The highest BCUT2D eigenvalue weighted by Gasteiger charge is 2.44. The van der Waals surface area contributed by atoms with Crippen molar-refractivity contribution in [2.45, 2.75) is 75.6 Å². The Morgan fingerprint density at radius 3 is 2.33 bits per heavy atom. The Hall–Kier alpha value is -3.28. The number of nitrogens with one attached hydrogen (secondary N) is 1. The number of fused-ring (bicyclic) bond motifs is 1. The summed E-state index contributed by atoms with van der Waals surface area (Å²) in [6.45, 7) is 5.56. The van der Waals surface area contributed by atoms with Crippen LogP contribution in [-0.4, -0.2) is 110 Å². The number of hydrogen-bond acceptors (Lipinski definition) is 12. The van der Waals surface area contributed by atoms with E-state index in [0.29, 0.717) is 24.3 Å². The van der Waals surface area contributed by atoms with E-state index in [1.54, 1.807) is 12.1 Å². The molecule has 2 saturated heterocycles. The molecule has 2 aromatic carbocycles. The van der Waals surface area contributed by atoms with Gasteiger partial charge in [0.2, 0.25) is 10.0 Å². The highest BCUT2D eigenvalue weighted by atomic mass is 32.2. The van der Waals surface area contributed by atoms with Gasteiger partial charge in [0.15, 0.2) is 18.7 Å². The van der Waals surface area contributed by atoms with Gasteiger partial charge in [-0.25, -0.2) is 18.0 Å². The molecule has 7 atom stereocenters. The van der Waals surface area contributed by atoms with Gasteiger partial charge in [0.1, 0.15) is 17.6 Å². The average molecular weight is 759 g/mol. The van der Waals surface area contributed by atoms with Crippen LogP contribution in [-0.2, 0) is 44.5 Å². The van der Waals surface area contributed by atoms with E-state index in [-0.39, 0.29) is 55.0 Å². The minimum atomic E-state index is -4.41. The Kier molecular flexibility index (Phi) is 14.3. The number of nitrogens with zero attached hydrogens (tertiary/aromatic N) is 1. The maximum Gasteiger partial charge on any atom is 0.407 e. The summed E-state index contributed by atoms with van der Waals surface area (Å²) in [5, 5.41) is 23.4. The number of amides is 1. The number of aliphatic hydroxyl groups excluding tert-OH is 1. The molecule has 2 heterocycles. The standard InChI is InChI=1S/C33H47N2O14PS/c1-5-29(31(37)38)49-50(40,41)20-47-24-8-6-22(7-9-24)16-27(34-33(39)48-30-19-46-32-26(30)14-15-45-32)28(36)18-35(17-21(2)3)51(42,43)25-12-10-23(44-4)11-13-25/h6-13,21,26-30,32,36H,5,14-20H2,1-4H3,(H,34,39)(H,37,38)(H,40,41)/t26?,27-,28+,29-,30-,32+/m0/s1. The molecule has 0 spiro atoms. The number of methoxy groups -OCH3 is 1. The summed E-state index contributed by atoms with van der Waals surface area (Å²) in [7, 11) is -7.01. The van der Waals surface area contributed by atoms with E-state index in [2.05, 4.69) is 5.32 Å². The van der Waals surface area contributed by atoms with Gasteiger partial charge < -0.3 is 44.1 Å². The second-order valence-electron chi connectivity index (χ2n) is 12.8. The number of alkyl carbamates (subject to hydrolysis) is 1. The number of aliphatic carboxylic acids is 1. The summed E-state index contributed by atoms with van der Waals surface area (Å²) < 4.78 is 73.2. The number of carbonyl (C=O) groups is 2. The highest BCUT2D eigenvalue weighted by molar-refractivity contribution is 7.89. The molecule has 2 fully saturated rings. The molecular formula is C33H47N2O14PS. The number of hydrogen-bond donors (Lipinski definition) is 4. The van der Waals surface area contributed by atoms with Crippen LogP contribution in [0.25, 0.3) is 0 Å². The van der Waals surface area contributed by atoms with Crippen LogP contribution in [0.5, 0.6) is 11.5 Å². The molecule has 0 aromatic heterocycles. The Labute approximate surface area is 297 Å². The molecule has 2 aliphatic rings. The second-order valence-corrected chi connectivity index (χ2v) is 16.5. The average Bonchev–Trinajstić information content (AvgIpc) is 3.71. The van der Waals surface area contributed by atoms with E-state index in [9.17, 15) is 32.6 Å². The quantitative estimate of drug-likeness (QED) is 0.151. The monoisotopic (exact) mass is 758 g/mol.